The number of carbonyl (C=O) groups excluding carboxylic acids is 2. The van der Waals surface area contributed by atoms with Crippen LogP contribution in [-0.4, -0.2) is 43.5 Å². The van der Waals surface area contributed by atoms with Gasteiger partial charge in [0.2, 0.25) is 0 Å². The molecular formula is C6H9O8Ti-. The largest absolute Gasteiger partial charge is 4.00 e. The Morgan fingerprint density at radius 2 is 1.13 bits per heavy atom. The number of aliphatic hydroxyl groups excluding tert-OH is 1. The second-order valence-corrected chi connectivity index (χ2v) is 1.45. The fourth-order valence-electron chi connectivity index (χ4n) is 0. The molecule has 0 saturated heterocycles. The third kappa shape index (κ3) is 88.3. The van der Waals surface area contributed by atoms with Crippen LogP contribution in [-0.2, 0) is 31.3 Å². The van der Waals surface area contributed by atoms with Crippen molar-refractivity contribution in [2.24, 2.45) is 0 Å². The van der Waals surface area contributed by atoms with Gasteiger partial charge in [0.15, 0.2) is 0 Å². The van der Waals surface area contributed by atoms with Gasteiger partial charge in [0, 0.05) is 5.97 Å². The van der Waals surface area contributed by atoms with Crippen molar-refractivity contribution in [1.29, 1.82) is 0 Å². The van der Waals surface area contributed by atoms with Crippen molar-refractivity contribution in [1.82, 2.24) is 0 Å². The molecule has 0 aliphatic carbocycles. The van der Waals surface area contributed by atoms with Crippen molar-refractivity contribution in [3.05, 3.63) is 0 Å². The second kappa shape index (κ2) is 23.4. The Hall–Kier alpha value is -0.506. The van der Waals surface area contributed by atoms with E-state index in [9.17, 15) is 0 Å². The van der Waals surface area contributed by atoms with E-state index in [2.05, 4.69) is 0 Å². The number of aliphatic hydroxyl groups is 1. The molecule has 0 bridgehead atoms. The van der Waals surface area contributed by atoms with E-state index in [1.807, 2.05) is 0 Å². The van der Waals surface area contributed by atoms with Crippen LogP contribution in [0.4, 0.5) is 0 Å². The molecule has 0 aromatic carbocycles. The Morgan fingerprint density at radius 1 is 0.933 bits per heavy atom. The Morgan fingerprint density at radius 3 is 1.13 bits per heavy atom. The second-order valence-electron chi connectivity index (χ2n) is 1.45. The topological polar surface area (TPSA) is 170 Å². The van der Waals surface area contributed by atoms with Crippen molar-refractivity contribution in [3.8, 4) is 0 Å². The Bertz CT molecular complexity index is 123. The first-order valence-electron chi connectivity index (χ1n) is 3.21. The van der Waals surface area contributed by atoms with E-state index in [0.29, 0.717) is 0 Å². The number of rotatable bonds is 3. The van der Waals surface area contributed by atoms with Crippen molar-refractivity contribution in [2.75, 3.05) is 26.4 Å². The Kier molecular flexibility index (Phi) is 37.3. The van der Waals surface area contributed by atoms with Crippen LogP contribution in [0.15, 0.2) is 0 Å². The van der Waals surface area contributed by atoms with Gasteiger partial charge >= 0.3 is 21.7 Å². The number of aliphatic carboxylic acids is 2. The average Bonchev–Trinajstić information content (AvgIpc) is 2.19. The van der Waals surface area contributed by atoms with Crippen molar-refractivity contribution in [3.63, 3.8) is 0 Å². The molecule has 0 rings (SSSR count). The van der Waals surface area contributed by atoms with Gasteiger partial charge in [-0.25, -0.2) is 0 Å². The summed E-state index contributed by atoms with van der Waals surface area (Å²) >= 11 is 0. The monoisotopic (exact) mass is 257 g/mol. The van der Waals surface area contributed by atoms with Gasteiger partial charge in [-0.1, -0.05) is 6.61 Å². The zero-order chi connectivity index (χ0) is 12.0. The van der Waals surface area contributed by atoms with Gasteiger partial charge in [0.05, 0.1) is 12.6 Å². The van der Waals surface area contributed by atoms with E-state index in [1.165, 1.54) is 0 Å². The molecule has 0 unspecified atom stereocenters. The third-order valence-corrected chi connectivity index (χ3v) is 0.330. The summed E-state index contributed by atoms with van der Waals surface area (Å²) in [5.74, 6) is -2.99. The molecule has 8 nitrogen and oxygen atoms in total. The first kappa shape index (κ1) is 24.0. The summed E-state index contributed by atoms with van der Waals surface area (Å²) in [6.45, 7) is -3.00. The fraction of sp³-hybridized carbons (Fsp3) is 0.667. The normalized spacial score (nSPS) is 6.93. The molecule has 1 N–H and O–H groups in total. The van der Waals surface area contributed by atoms with E-state index in [-0.39, 0.29) is 21.7 Å². The first-order valence-corrected chi connectivity index (χ1v) is 3.21. The molecule has 9 heteroatoms. The van der Waals surface area contributed by atoms with Gasteiger partial charge in [0.1, 0.15) is 0 Å². The van der Waals surface area contributed by atoms with Gasteiger partial charge in [-0.3, -0.25) is 0 Å². The minimum atomic E-state index is -1.55. The molecule has 0 aromatic rings. The molecular weight excluding hydrogens is 248 g/mol. The van der Waals surface area contributed by atoms with Crippen LogP contribution in [0.1, 0.15) is 0 Å². The van der Waals surface area contributed by atoms with Crippen LogP contribution in [0.5, 0.6) is 0 Å². The number of carboxylic acid groups (broad SMARTS) is 2. The van der Waals surface area contributed by atoms with Gasteiger partial charge in [0.25, 0.3) is 0 Å². The van der Waals surface area contributed by atoms with E-state index in [4.69, 9.17) is 40.2 Å². The molecule has 0 atom stereocenters. The van der Waals surface area contributed by atoms with Crippen LogP contribution in [0.3, 0.4) is 0 Å². The van der Waals surface area contributed by atoms with Crippen molar-refractivity contribution < 1.29 is 61.9 Å². The molecule has 0 aliphatic heterocycles. The fourth-order valence-corrected chi connectivity index (χ4v) is 0. The van der Waals surface area contributed by atoms with E-state index in [0.717, 1.165) is 0 Å². The van der Waals surface area contributed by atoms with E-state index in [1.54, 1.807) is 0 Å². The van der Waals surface area contributed by atoms with Crippen LogP contribution < -0.4 is 25.5 Å². The average molecular weight is 257 g/mol. The van der Waals surface area contributed by atoms with Crippen LogP contribution in [0.25, 0.3) is 0 Å². The van der Waals surface area contributed by atoms with Crippen molar-refractivity contribution in [2.45, 2.75) is 0 Å². The summed E-state index contributed by atoms with van der Waals surface area (Å²) in [6.07, 6.45) is 0. The first-order chi connectivity index (χ1) is 6.45. The summed E-state index contributed by atoms with van der Waals surface area (Å²) in [6, 6.07) is 0. The molecule has 0 saturated carbocycles. The standard InChI is InChI=1S/C2H4O3.C2H3O3.C2H4O2.Ti/c2*3-1-2(4)5;3-1-2-4;/h3H,1H2,(H,4,5);1H2,(H,4,5);1-2H2;/q;-1;-2;+4/p-2. The van der Waals surface area contributed by atoms with E-state index < -0.39 is 38.4 Å². The molecule has 86 valence electrons. The Balaban J connectivity index is -0.0000000590. The van der Waals surface area contributed by atoms with Gasteiger partial charge in [-0.2, -0.15) is 13.2 Å². The SMILES string of the molecule is O=C([O-])CO.O=C([O-])C[O-].[O-]CC[O-].[Ti+4]. The zero-order valence-electron chi connectivity index (χ0n) is 7.63. The summed E-state index contributed by atoms with van der Waals surface area (Å²) in [7, 11) is 0. The van der Waals surface area contributed by atoms with Gasteiger partial charge in [-0.05, 0) is 0 Å². The summed E-state index contributed by atoms with van der Waals surface area (Å²) in [4.78, 5) is 18.0. The zero-order valence-corrected chi connectivity index (χ0v) is 9.19. The van der Waals surface area contributed by atoms with Crippen LogP contribution in [0, 0.1) is 0 Å². The smallest absolute Gasteiger partial charge is 0.855 e. The molecule has 0 radical (unpaired) electrons. The predicted molar refractivity (Wildman–Crippen MR) is 31.7 cm³/mol. The summed E-state index contributed by atoms with van der Waals surface area (Å²) < 4.78 is 0. The maximum absolute atomic E-state index is 9.01. The molecule has 0 spiro atoms. The summed E-state index contributed by atoms with van der Waals surface area (Å²) in [5.41, 5.74) is 0. The molecule has 0 heterocycles. The van der Waals surface area contributed by atoms with Crippen molar-refractivity contribution >= 4 is 11.9 Å². The quantitative estimate of drug-likeness (QED) is 0.485. The molecule has 15 heavy (non-hydrogen) atoms. The molecule has 0 fully saturated rings. The number of carboxylic acids is 2. The van der Waals surface area contributed by atoms with Crippen LogP contribution >= 0.6 is 0 Å². The minimum Gasteiger partial charge on any atom is -0.855 e. The predicted octanol–water partition coefficient (Wildman–Crippen LogP) is -7.47. The van der Waals surface area contributed by atoms with E-state index >= 15 is 0 Å². The number of hydrogen-bond donors (Lipinski definition) is 1. The van der Waals surface area contributed by atoms with Gasteiger partial charge in [-0.15, -0.1) is 0 Å². The van der Waals surface area contributed by atoms with Gasteiger partial charge < -0.3 is 40.2 Å². The molecule has 0 aromatic heterocycles. The number of carbonyl (C=O) groups is 2. The maximum atomic E-state index is 9.01. The maximum Gasteiger partial charge on any atom is 4.00 e. The molecule has 0 amide bonds. The van der Waals surface area contributed by atoms with Crippen LogP contribution in [0.2, 0.25) is 0 Å². The molecule has 0 aliphatic rings. The Labute approximate surface area is 101 Å². The third-order valence-electron chi connectivity index (χ3n) is 0.330. The number of hydrogen-bond acceptors (Lipinski definition) is 8. The minimum absolute atomic E-state index is 0. The summed E-state index contributed by atoms with van der Waals surface area (Å²) in [5, 5.41) is 52.4.